The molecular formula is C26H25N3O2. The van der Waals surface area contributed by atoms with Crippen LogP contribution in [0.25, 0.3) is 0 Å². The number of hydrogen-bond acceptors (Lipinski definition) is 3. The lowest BCUT2D eigenvalue weighted by Gasteiger charge is -2.17. The van der Waals surface area contributed by atoms with E-state index in [1.165, 1.54) is 0 Å². The van der Waals surface area contributed by atoms with Gasteiger partial charge in [0, 0.05) is 12.7 Å². The molecule has 2 amide bonds. The van der Waals surface area contributed by atoms with Gasteiger partial charge in [0.1, 0.15) is 5.82 Å². The minimum atomic E-state index is -0.443. The van der Waals surface area contributed by atoms with E-state index in [4.69, 9.17) is 0 Å². The summed E-state index contributed by atoms with van der Waals surface area (Å²) < 4.78 is 0. The van der Waals surface area contributed by atoms with E-state index < -0.39 is 5.41 Å². The third kappa shape index (κ3) is 3.72. The van der Waals surface area contributed by atoms with Gasteiger partial charge in [-0.15, -0.1) is 0 Å². The molecule has 5 heteroatoms. The van der Waals surface area contributed by atoms with Crippen molar-refractivity contribution in [2.75, 3.05) is 5.32 Å². The molecular weight excluding hydrogens is 386 g/mol. The van der Waals surface area contributed by atoms with Crippen molar-refractivity contribution < 1.29 is 9.59 Å². The second-order valence-electron chi connectivity index (χ2n) is 8.58. The molecule has 5 rings (SSSR count). The van der Waals surface area contributed by atoms with Gasteiger partial charge in [-0.25, -0.2) is 4.98 Å². The maximum atomic E-state index is 13.0. The fourth-order valence-corrected chi connectivity index (χ4v) is 4.30. The average molecular weight is 412 g/mol. The van der Waals surface area contributed by atoms with Crippen LogP contribution >= 0.6 is 0 Å². The molecule has 0 spiro atoms. The number of amides is 2. The Labute approximate surface area is 181 Å². The first-order valence-electron chi connectivity index (χ1n) is 10.8. The van der Waals surface area contributed by atoms with Gasteiger partial charge in [0.25, 0.3) is 0 Å². The van der Waals surface area contributed by atoms with E-state index in [2.05, 4.69) is 15.6 Å². The quantitative estimate of drug-likeness (QED) is 0.615. The van der Waals surface area contributed by atoms with Crippen molar-refractivity contribution in [1.82, 2.24) is 10.3 Å². The average Bonchev–Trinajstić information content (AvgIpc) is 3.73. The number of hydrogen-bond donors (Lipinski definition) is 2. The molecule has 31 heavy (non-hydrogen) atoms. The molecule has 2 fully saturated rings. The number of nitrogens with one attached hydrogen (secondary N) is 2. The van der Waals surface area contributed by atoms with E-state index in [-0.39, 0.29) is 17.2 Å². The van der Waals surface area contributed by atoms with Crippen LogP contribution in [0.15, 0.2) is 79.0 Å². The van der Waals surface area contributed by atoms with Gasteiger partial charge in [0.05, 0.1) is 10.8 Å². The summed E-state index contributed by atoms with van der Waals surface area (Å²) in [6.07, 6.45) is 5.12. The molecule has 2 N–H and O–H groups in total. The number of rotatable bonds is 7. The monoisotopic (exact) mass is 411 g/mol. The normalized spacial score (nSPS) is 17.4. The van der Waals surface area contributed by atoms with Gasteiger partial charge in [-0.05, 0) is 54.5 Å². The molecule has 3 aromatic rings. The predicted molar refractivity (Wildman–Crippen MR) is 119 cm³/mol. The van der Waals surface area contributed by atoms with Crippen LogP contribution in [0.5, 0.6) is 0 Å². The second kappa shape index (κ2) is 7.65. The summed E-state index contributed by atoms with van der Waals surface area (Å²) in [5, 5.41) is 6.05. The number of carbonyl (C=O) groups is 2. The predicted octanol–water partition coefficient (Wildman–Crippen LogP) is 4.10. The second-order valence-corrected chi connectivity index (χ2v) is 8.58. The van der Waals surface area contributed by atoms with Crippen molar-refractivity contribution >= 4 is 17.6 Å². The zero-order chi connectivity index (χ0) is 21.3. The van der Waals surface area contributed by atoms with E-state index in [9.17, 15) is 9.59 Å². The van der Waals surface area contributed by atoms with Crippen LogP contribution in [-0.4, -0.2) is 16.8 Å². The summed E-state index contributed by atoms with van der Waals surface area (Å²) >= 11 is 0. The molecule has 2 saturated carbocycles. The highest BCUT2D eigenvalue weighted by Crippen LogP contribution is 2.49. The minimum absolute atomic E-state index is 0.0200. The summed E-state index contributed by atoms with van der Waals surface area (Å²) in [5.74, 6) is 0.554. The van der Waals surface area contributed by atoms with E-state index in [1.807, 2.05) is 72.8 Å². The largest absolute Gasteiger partial charge is 0.351 e. The summed E-state index contributed by atoms with van der Waals surface area (Å²) in [4.78, 5) is 30.1. The molecule has 156 valence electrons. The van der Waals surface area contributed by atoms with E-state index in [1.54, 1.807) is 6.20 Å². The lowest BCUT2D eigenvalue weighted by atomic mass is 9.95. The van der Waals surface area contributed by atoms with Crippen molar-refractivity contribution in [3.8, 4) is 0 Å². The zero-order valence-corrected chi connectivity index (χ0v) is 17.3. The molecule has 0 unspecified atom stereocenters. The van der Waals surface area contributed by atoms with E-state index in [0.717, 1.165) is 42.4 Å². The Kier molecular flexibility index (Phi) is 4.81. The smallest absolute Gasteiger partial charge is 0.236 e. The van der Waals surface area contributed by atoms with Crippen LogP contribution in [0.1, 0.15) is 42.4 Å². The summed E-state index contributed by atoms with van der Waals surface area (Å²) in [5.41, 5.74) is 2.20. The van der Waals surface area contributed by atoms with Gasteiger partial charge in [0.2, 0.25) is 11.8 Å². The first kappa shape index (κ1) is 19.5. The zero-order valence-electron chi connectivity index (χ0n) is 17.3. The SMILES string of the molecule is O=C(NCc1ccnc(NC(=O)C2(c3ccccc3)CC2)c1)C1(c2ccccc2)CC1. The van der Waals surface area contributed by atoms with Gasteiger partial charge in [-0.2, -0.15) is 0 Å². The number of pyridine rings is 1. The molecule has 2 aliphatic carbocycles. The van der Waals surface area contributed by atoms with Crippen molar-refractivity contribution in [1.29, 1.82) is 0 Å². The highest BCUT2D eigenvalue weighted by atomic mass is 16.2. The lowest BCUT2D eigenvalue weighted by molar-refractivity contribution is -0.123. The maximum absolute atomic E-state index is 13.0. The van der Waals surface area contributed by atoms with Crippen LogP contribution in [0, 0.1) is 0 Å². The Balaban J connectivity index is 1.23. The maximum Gasteiger partial charge on any atom is 0.236 e. The standard InChI is InChI=1S/C26H25N3O2/c30-23(25(12-13-25)20-7-3-1-4-8-20)28-18-19-11-16-27-22(17-19)29-24(31)26(14-15-26)21-9-5-2-6-10-21/h1-11,16-17H,12-15,18H2,(H,28,30)(H,27,29,31). The molecule has 0 radical (unpaired) electrons. The first-order chi connectivity index (χ1) is 15.1. The molecule has 5 nitrogen and oxygen atoms in total. The van der Waals surface area contributed by atoms with Gasteiger partial charge in [0.15, 0.2) is 0 Å². The van der Waals surface area contributed by atoms with Gasteiger partial charge < -0.3 is 10.6 Å². The third-order valence-corrected chi connectivity index (χ3v) is 6.54. The number of nitrogens with zero attached hydrogens (tertiary/aromatic N) is 1. The molecule has 0 aliphatic heterocycles. The summed E-state index contributed by atoms with van der Waals surface area (Å²) in [6.45, 7) is 0.405. The Hall–Kier alpha value is -3.47. The summed E-state index contributed by atoms with van der Waals surface area (Å²) in [7, 11) is 0. The van der Waals surface area contributed by atoms with Crippen molar-refractivity contribution in [3.05, 3.63) is 95.7 Å². The van der Waals surface area contributed by atoms with Crippen LogP contribution in [0.3, 0.4) is 0 Å². The van der Waals surface area contributed by atoms with Crippen LogP contribution in [0.2, 0.25) is 0 Å². The van der Waals surface area contributed by atoms with Crippen molar-refractivity contribution in [3.63, 3.8) is 0 Å². The number of anilines is 1. The number of aromatic nitrogens is 1. The number of benzene rings is 2. The molecule has 2 aromatic carbocycles. The fourth-order valence-electron chi connectivity index (χ4n) is 4.30. The number of carbonyl (C=O) groups excluding carboxylic acids is 2. The van der Waals surface area contributed by atoms with Crippen molar-refractivity contribution in [2.45, 2.75) is 43.1 Å². The molecule has 1 heterocycles. The Bertz CT molecular complexity index is 1100. The lowest BCUT2D eigenvalue weighted by Crippen LogP contribution is -2.34. The van der Waals surface area contributed by atoms with Crippen molar-refractivity contribution in [2.24, 2.45) is 0 Å². The first-order valence-corrected chi connectivity index (χ1v) is 10.8. The Morgan fingerprint density at radius 2 is 1.32 bits per heavy atom. The van der Waals surface area contributed by atoms with Crippen LogP contribution in [-0.2, 0) is 27.0 Å². The highest BCUT2D eigenvalue weighted by molar-refractivity contribution is 6.00. The molecule has 0 saturated heterocycles. The molecule has 0 atom stereocenters. The molecule has 2 aliphatic rings. The Morgan fingerprint density at radius 1 is 0.774 bits per heavy atom. The third-order valence-electron chi connectivity index (χ3n) is 6.54. The fraction of sp³-hybridized carbons (Fsp3) is 0.269. The van der Waals surface area contributed by atoms with Gasteiger partial charge in [-0.1, -0.05) is 60.7 Å². The van der Waals surface area contributed by atoms with Gasteiger partial charge in [-0.3, -0.25) is 9.59 Å². The van der Waals surface area contributed by atoms with Crippen LogP contribution in [0.4, 0.5) is 5.82 Å². The van der Waals surface area contributed by atoms with E-state index >= 15 is 0 Å². The van der Waals surface area contributed by atoms with Crippen LogP contribution < -0.4 is 10.6 Å². The minimum Gasteiger partial charge on any atom is -0.351 e. The Morgan fingerprint density at radius 3 is 1.87 bits per heavy atom. The van der Waals surface area contributed by atoms with Gasteiger partial charge >= 0.3 is 0 Å². The van der Waals surface area contributed by atoms with E-state index in [0.29, 0.717) is 12.4 Å². The summed E-state index contributed by atoms with van der Waals surface area (Å²) in [6, 6.07) is 23.6. The highest BCUT2D eigenvalue weighted by Gasteiger charge is 2.52. The molecule has 0 bridgehead atoms. The topological polar surface area (TPSA) is 71.1 Å². The molecule has 1 aromatic heterocycles.